The third kappa shape index (κ3) is 6.46. The summed E-state index contributed by atoms with van der Waals surface area (Å²) in [5, 5.41) is 14.0. The number of hydrogen-bond acceptors (Lipinski definition) is 6. The Morgan fingerprint density at radius 1 is 1.18 bits per heavy atom. The first-order valence-electron chi connectivity index (χ1n) is 10.3. The number of rotatable bonds is 9. The van der Waals surface area contributed by atoms with E-state index >= 15 is 0 Å². The molecular weight excluding hydrogens is 553 g/mol. The minimum Gasteiger partial charge on any atom is -0.493 e. The molecule has 34 heavy (non-hydrogen) atoms. The largest absolute Gasteiger partial charge is 0.493 e. The molecule has 0 heterocycles. The fourth-order valence-electron chi connectivity index (χ4n) is 3.31. The van der Waals surface area contributed by atoms with Crippen LogP contribution in [-0.2, 0) is 4.79 Å². The second-order valence-corrected chi connectivity index (χ2v) is 9.59. The SMILES string of the molecule is C=CCN(C(=O)c1cc(OC)c(OC)cc1I)C(C(=O)NC(C)(C)C)c1ccc([N+](=O)[O-])cc1. The van der Waals surface area contributed by atoms with Crippen molar-refractivity contribution in [2.24, 2.45) is 0 Å². The van der Waals surface area contributed by atoms with Crippen molar-refractivity contribution in [1.82, 2.24) is 10.2 Å². The Bertz CT molecular complexity index is 1080. The number of nitro groups is 1. The molecule has 2 amide bonds. The Labute approximate surface area is 212 Å². The number of ether oxygens (including phenoxy) is 2. The summed E-state index contributed by atoms with van der Waals surface area (Å²) in [5.41, 5.74) is 0.0555. The van der Waals surface area contributed by atoms with E-state index in [-0.39, 0.29) is 12.2 Å². The first-order valence-corrected chi connectivity index (χ1v) is 11.4. The highest BCUT2D eigenvalue weighted by atomic mass is 127. The van der Waals surface area contributed by atoms with E-state index in [0.29, 0.717) is 26.2 Å². The summed E-state index contributed by atoms with van der Waals surface area (Å²) in [7, 11) is 2.97. The molecule has 9 nitrogen and oxygen atoms in total. The molecule has 1 N–H and O–H groups in total. The van der Waals surface area contributed by atoms with Crippen molar-refractivity contribution in [3.8, 4) is 11.5 Å². The monoisotopic (exact) mass is 581 g/mol. The van der Waals surface area contributed by atoms with Crippen LogP contribution in [0.15, 0.2) is 49.1 Å². The van der Waals surface area contributed by atoms with E-state index in [4.69, 9.17) is 9.47 Å². The van der Waals surface area contributed by atoms with Gasteiger partial charge in [0.1, 0.15) is 6.04 Å². The average molecular weight is 581 g/mol. The molecule has 0 aliphatic carbocycles. The third-order valence-electron chi connectivity index (χ3n) is 4.77. The summed E-state index contributed by atoms with van der Waals surface area (Å²) in [6, 6.07) is 7.76. The van der Waals surface area contributed by atoms with Crippen LogP contribution in [-0.4, -0.2) is 47.9 Å². The molecule has 0 aliphatic heterocycles. The van der Waals surface area contributed by atoms with Gasteiger partial charge in [-0.25, -0.2) is 0 Å². The molecule has 0 saturated carbocycles. The quantitative estimate of drug-likeness (QED) is 0.202. The molecule has 2 aromatic carbocycles. The molecule has 2 rings (SSSR count). The lowest BCUT2D eigenvalue weighted by Crippen LogP contribution is -2.49. The Kier molecular flexibility index (Phi) is 9.02. The van der Waals surface area contributed by atoms with Gasteiger partial charge in [0.05, 0.1) is 24.7 Å². The van der Waals surface area contributed by atoms with Crippen LogP contribution in [0.25, 0.3) is 0 Å². The molecule has 1 unspecified atom stereocenters. The van der Waals surface area contributed by atoms with Crippen molar-refractivity contribution >= 4 is 40.1 Å². The molecule has 0 aliphatic rings. The first-order chi connectivity index (χ1) is 15.9. The van der Waals surface area contributed by atoms with Crippen LogP contribution in [0, 0.1) is 13.7 Å². The third-order valence-corrected chi connectivity index (χ3v) is 5.66. The fraction of sp³-hybridized carbons (Fsp3) is 0.333. The van der Waals surface area contributed by atoms with Gasteiger partial charge in [0.2, 0.25) is 5.91 Å². The van der Waals surface area contributed by atoms with Gasteiger partial charge in [-0.15, -0.1) is 6.58 Å². The van der Waals surface area contributed by atoms with Crippen molar-refractivity contribution in [2.45, 2.75) is 32.4 Å². The van der Waals surface area contributed by atoms with Gasteiger partial charge in [-0.1, -0.05) is 6.08 Å². The number of halogens is 1. The maximum Gasteiger partial charge on any atom is 0.269 e. The standard InChI is InChI=1S/C24H28IN3O6/c1-7-12-27(23(30)17-13-19(33-5)20(34-6)14-18(17)25)21(22(29)26-24(2,3)4)15-8-10-16(11-9-15)28(31)32/h7-11,13-14,21H,1,12H2,2-6H3,(H,26,29). The number of benzene rings is 2. The fourth-order valence-corrected chi connectivity index (χ4v) is 3.98. The number of amides is 2. The lowest BCUT2D eigenvalue weighted by Gasteiger charge is -2.33. The molecule has 1 atom stereocenters. The normalized spacial score (nSPS) is 11.8. The van der Waals surface area contributed by atoms with E-state index in [1.54, 1.807) is 12.1 Å². The Hall–Kier alpha value is -3.15. The lowest BCUT2D eigenvalue weighted by molar-refractivity contribution is -0.384. The summed E-state index contributed by atoms with van der Waals surface area (Å²) >= 11 is 2.02. The van der Waals surface area contributed by atoms with Gasteiger partial charge in [0.25, 0.3) is 11.6 Å². The number of nitro benzene ring substituents is 1. The van der Waals surface area contributed by atoms with E-state index in [1.807, 2.05) is 43.4 Å². The molecule has 0 bridgehead atoms. The smallest absolute Gasteiger partial charge is 0.269 e. The number of nitrogens with zero attached hydrogens (tertiary/aromatic N) is 2. The molecular formula is C24H28IN3O6. The number of methoxy groups -OCH3 is 2. The Morgan fingerprint density at radius 2 is 1.74 bits per heavy atom. The average Bonchev–Trinajstić information content (AvgIpc) is 2.77. The second kappa shape index (κ2) is 11.3. The van der Waals surface area contributed by atoms with Crippen LogP contribution in [0.3, 0.4) is 0 Å². The van der Waals surface area contributed by atoms with Crippen LogP contribution in [0.1, 0.15) is 42.7 Å². The number of non-ortho nitro benzene ring substituents is 1. The number of carbonyl (C=O) groups excluding carboxylic acids is 2. The van der Waals surface area contributed by atoms with Gasteiger partial charge >= 0.3 is 0 Å². The van der Waals surface area contributed by atoms with Gasteiger partial charge in [-0.05, 0) is 73.2 Å². The zero-order chi connectivity index (χ0) is 25.6. The minimum atomic E-state index is -1.06. The van der Waals surface area contributed by atoms with Gasteiger partial charge in [0, 0.05) is 27.8 Å². The molecule has 182 valence electrons. The van der Waals surface area contributed by atoms with E-state index in [1.165, 1.54) is 49.5 Å². The van der Waals surface area contributed by atoms with Crippen molar-refractivity contribution < 1.29 is 24.0 Å². The van der Waals surface area contributed by atoms with E-state index in [2.05, 4.69) is 11.9 Å². The number of carbonyl (C=O) groups is 2. The van der Waals surface area contributed by atoms with Gasteiger partial charge in [-0.3, -0.25) is 19.7 Å². The molecule has 0 aromatic heterocycles. The molecule has 0 spiro atoms. The van der Waals surface area contributed by atoms with Crippen molar-refractivity contribution in [1.29, 1.82) is 0 Å². The van der Waals surface area contributed by atoms with Gasteiger partial charge < -0.3 is 19.7 Å². The summed E-state index contributed by atoms with van der Waals surface area (Å²) in [6.07, 6.45) is 1.52. The van der Waals surface area contributed by atoms with Gasteiger partial charge in [0.15, 0.2) is 11.5 Å². The van der Waals surface area contributed by atoms with Crippen LogP contribution in [0.4, 0.5) is 5.69 Å². The van der Waals surface area contributed by atoms with E-state index < -0.39 is 28.3 Å². The van der Waals surface area contributed by atoms with Gasteiger partial charge in [-0.2, -0.15) is 0 Å². The highest BCUT2D eigenvalue weighted by Crippen LogP contribution is 2.34. The van der Waals surface area contributed by atoms with Crippen LogP contribution < -0.4 is 14.8 Å². The molecule has 0 fully saturated rings. The van der Waals surface area contributed by atoms with Crippen molar-refractivity contribution in [3.05, 3.63) is 73.9 Å². The summed E-state index contributed by atoms with van der Waals surface area (Å²) in [6.45, 7) is 9.29. The van der Waals surface area contributed by atoms with Crippen molar-refractivity contribution in [3.63, 3.8) is 0 Å². The molecule has 2 aromatic rings. The molecule has 0 radical (unpaired) electrons. The summed E-state index contributed by atoms with van der Waals surface area (Å²) in [4.78, 5) is 39.2. The minimum absolute atomic E-state index is 0.0580. The zero-order valence-corrected chi connectivity index (χ0v) is 21.9. The Morgan fingerprint density at radius 3 is 2.21 bits per heavy atom. The summed E-state index contributed by atoms with van der Waals surface area (Å²) < 4.78 is 11.3. The Balaban J connectivity index is 2.64. The highest BCUT2D eigenvalue weighted by molar-refractivity contribution is 14.1. The molecule has 10 heteroatoms. The topological polar surface area (TPSA) is 111 Å². The highest BCUT2D eigenvalue weighted by Gasteiger charge is 2.34. The maximum absolute atomic E-state index is 13.8. The van der Waals surface area contributed by atoms with Crippen LogP contribution in [0.2, 0.25) is 0 Å². The summed E-state index contributed by atoms with van der Waals surface area (Å²) in [5.74, 6) is -0.0170. The van der Waals surface area contributed by atoms with Crippen LogP contribution in [0.5, 0.6) is 11.5 Å². The second-order valence-electron chi connectivity index (χ2n) is 8.42. The predicted molar refractivity (Wildman–Crippen MR) is 137 cm³/mol. The predicted octanol–water partition coefficient (Wildman–Crippen LogP) is 4.50. The van der Waals surface area contributed by atoms with E-state index in [9.17, 15) is 19.7 Å². The van der Waals surface area contributed by atoms with Crippen LogP contribution >= 0.6 is 22.6 Å². The number of nitrogens with one attached hydrogen (secondary N) is 1. The first kappa shape index (κ1) is 27.1. The molecule has 0 saturated heterocycles. The van der Waals surface area contributed by atoms with Crippen molar-refractivity contribution in [2.75, 3.05) is 20.8 Å². The lowest BCUT2D eigenvalue weighted by atomic mass is 10.00. The zero-order valence-electron chi connectivity index (χ0n) is 19.8. The number of hydrogen-bond donors (Lipinski definition) is 1. The maximum atomic E-state index is 13.8. The van der Waals surface area contributed by atoms with E-state index in [0.717, 1.165) is 0 Å².